The molecular weight excluding hydrogens is 314 g/mol. The number of nitrogens with one attached hydrogen (secondary N) is 1. The third-order valence-corrected chi connectivity index (χ3v) is 5.05. The number of rotatable bonds is 4. The van der Waals surface area contributed by atoms with Crippen molar-refractivity contribution >= 4 is 16.9 Å². The van der Waals surface area contributed by atoms with Crippen molar-refractivity contribution in [3.63, 3.8) is 0 Å². The minimum absolute atomic E-state index is 0.0792. The average Bonchev–Trinajstić information content (AvgIpc) is 3.24. The first-order chi connectivity index (χ1) is 12.2. The molecule has 1 saturated heterocycles. The van der Waals surface area contributed by atoms with Crippen LogP contribution in [-0.2, 0) is 0 Å². The summed E-state index contributed by atoms with van der Waals surface area (Å²) in [5.74, 6) is 0.292. The molecule has 0 saturated carbocycles. The van der Waals surface area contributed by atoms with Crippen LogP contribution < -0.4 is 5.32 Å². The maximum absolute atomic E-state index is 12.6. The molecule has 3 heterocycles. The quantitative estimate of drug-likeness (QED) is 0.795. The molecule has 1 aromatic carbocycles. The second kappa shape index (κ2) is 6.69. The zero-order valence-electron chi connectivity index (χ0n) is 14.2. The highest BCUT2D eigenvalue weighted by atomic mass is 16.3. The first-order valence-corrected chi connectivity index (χ1v) is 8.58. The molecule has 128 valence electrons. The van der Waals surface area contributed by atoms with Crippen LogP contribution in [0, 0.1) is 5.92 Å². The van der Waals surface area contributed by atoms with E-state index in [0.29, 0.717) is 18.0 Å². The number of hydrogen-bond acceptors (Lipinski definition) is 4. The summed E-state index contributed by atoms with van der Waals surface area (Å²) in [4.78, 5) is 19.2. The van der Waals surface area contributed by atoms with E-state index in [1.54, 1.807) is 12.5 Å². The summed E-state index contributed by atoms with van der Waals surface area (Å²) in [6, 6.07) is 12.0. The lowest BCUT2D eigenvalue weighted by atomic mass is 9.94. The van der Waals surface area contributed by atoms with Crippen LogP contribution >= 0.6 is 0 Å². The summed E-state index contributed by atoms with van der Waals surface area (Å²) in [6.07, 6.45) is 6.31. The molecular formula is C20H21N3O2. The molecule has 5 nitrogen and oxygen atoms in total. The summed E-state index contributed by atoms with van der Waals surface area (Å²) in [7, 11) is 2.13. The van der Waals surface area contributed by atoms with Gasteiger partial charge in [0.25, 0.3) is 5.91 Å². The third kappa shape index (κ3) is 3.03. The summed E-state index contributed by atoms with van der Waals surface area (Å²) in [6.45, 7) is 1.66. The summed E-state index contributed by atoms with van der Waals surface area (Å²) in [5, 5.41) is 3.95. The predicted octanol–water partition coefficient (Wildman–Crippen LogP) is 3.25. The highest BCUT2D eigenvalue weighted by molar-refractivity contribution is 6.05. The number of nitrogens with zero attached hydrogens (tertiary/aromatic N) is 2. The van der Waals surface area contributed by atoms with Gasteiger partial charge in [0.1, 0.15) is 11.8 Å². The number of aromatic nitrogens is 1. The lowest BCUT2D eigenvalue weighted by molar-refractivity contribution is 0.0944. The third-order valence-electron chi connectivity index (χ3n) is 5.05. The molecule has 2 aromatic heterocycles. The van der Waals surface area contributed by atoms with Gasteiger partial charge in [0, 0.05) is 30.4 Å². The van der Waals surface area contributed by atoms with Crippen LogP contribution in [0.3, 0.4) is 0 Å². The molecule has 1 fully saturated rings. The number of pyridine rings is 1. The molecule has 0 bridgehead atoms. The number of carbonyl (C=O) groups is 1. The van der Waals surface area contributed by atoms with Gasteiger partial charge in [-0.15, -0.1) is 0 Å². The highest BCUT2D eigenvalue weighted by Gasteiger charge is 2.33. The molecule has 0 radical (unpaired) electrons. The largest absolute Gasteiger partial charge is 0.463 e. The lowest BCUT2D eigenvalue weighted by Crippen LogP contribution is -2.32. The number of likely N-dealkylation sites (tertiary alicyclic amines) is 1. The van der Waals surface area contributed by atoms with Crippen molar-refractivity contribution in [1.29, 1.82) is 0 Å². The Bertz CT molecular complexity index is 875. The Morgan fingerprint density at radius 1 is 1.32 bits per heavy atom. The normalized spacial score (nSPS) is 20.8. The van der Waals surface area contributed by atoms with Crippen LogP contribution in [0.5, 0.6) is 0 Å². The van der Waals surface area contributed by atoms with Crippen LogP contribution in [-0.4, -0.2) is 35.9 Å². The zero-order valence-corrected chi connectivity index (χ0v) is 14.2. The zero-order chi connectivity index (χ0) is 17.2. The topological polar surface area (TPSA) is 58.4 Å². The van der Waals surface area contributed by atoms with Crippen LogP contribution in [0.4, 0.5) is 0 Å². The van der Waals surface area contributed by atoms with Gasteiger partial charge in [-0.25, -0.2) is 0 Å². The highest BCUT2D eigenvalue weighted by Crippen LogP contribution is 2.35. The van der Waals surface area contributed by atoms with Crippen LogP contribution in [0.15, 0.2) is 59.5 Å². The van der Waals surface area contributed by atoms with Crippen LogP contribution in [0.1, 0.15) is 28.4 Å². The van der Waals surface area contributed by atoms with Gasteiger partial charge < -0.3 is 9.73 Å². The molecule has 0 aliphatic carbocycles. The number of carbonyl (C=O) groups excluding carboxylic acids is 1. The summed E-state index contributed by atoms with van der Waals surface area (Å²) >= 11 is 0. The number of furan rings is 1. The fourth-order valence-corrected chi connectivity index (χ4v) is 3.79. The summed E-state index contributed by atoms with van der Waals surface area (Å²) < 4.78 is 5.47. The fraction of sp³-hybridized carbons (Fsp3) is 0.300. The molecule has 4 rings (SSSR count). The monoisotopic (exact) mass is 335 g/mol. The van der Waals surface area contributed by atoms with E-state index in [9.17, 15) is 4.79 Å². The van der Waals surface area contributed by atoms with E-state index in [1.165, 1.54) is 5.56 Å². The van der Waals surface area contributed by atoms with Crippen molar-refractivity contribution in [2.45, 2.75) is 12.5 Å². The van der Waals surface area contributed by atoms with Gasteiger partial charge in [-0.2, -0.15) is 0 Å². The van der Waals surface area contributed by atoms with E-state index >= 15 is 0 Å². The molecule has 1 aliphatic rings. The molecule has 3 aromatic rings. The minimum Gasteiger partial charge on any atom is -0.463 e. The fourth-order valence-electron chi connectivity index (χ4n) is 3.79. The van der Waals surface area contributed by atoms with Crippen molar-refractivity contribution in [3.8, 4) is 0 Å². The van der Waals surface area contributed by atoms with Gasteiger partial charge in [-0.05, 0) is 43.6 Å². The second-order valence-electron chi connectivity index (χ2n) is 6.62. The van der Waals surface area contributed by atoms with Crippen molar-refractivity contribution in [1.82, 2.24) is 15.2 Å². The molecule has 1 amide bonds. The first-order valence-electron chi connectivity index (χ1n) is 8.58. The van der Waals surface area contributed by atoms with E-state index in [4.69, 9.17) is 4.42 Å². The Kier molecular flexibility index (Phi) is 4.24. The molecule has 5 heteroatoms. The van der Waals surface area contributed by atoms with E-state index in [-0.39, 0.29) is 11.9 Å². The van der Waals surface area contributed by atoms with E-state index in [2.05, 4.69) is 28.3 Å². The van der Waals surface area contributed by atoms with Crippen molar-refractivity contribution in [2.75, 3.05) is 20.1 Å². The Morgan fingerprint density at radius 2 is 2.20 bits per heavy atom. The molecule has 25 heavy (non-hydrogen) atoms. The Hall–Kier alpha value is -2.66. The van der Waals surface area contributed by atoms with Gasteiger partial charge in [-0.1, -0.05) is 24.3 Å². The van der Waals surface area contributed by atoms with Gasteiger partial charge >= 0.3 is 0 Å². The second-order valence-corrected chi connectivity index (χ2v) is 6.62. The number of hydrogen-bond donors (Lipinski definition) is 1. The number of para-hydroxylation sites is 1. The lowest BCUT2D eigenvalue weighted by Gasteiger charge is -2.25. The Labute approximate surface area is 146 Å². The van der Waals surface area contributed by atoms with E-state index < -0.39 is 0 Å². The maximum atomic E-state index is 12.6. The van der Waals surface area contributed by atoms with E-state index in [1.807, 2.05) is 36.5 Å². The standard InChI is InChI=1S/C20H21N3O2/c1-23-10-8-15(19(23)14-5-4-9-21-11-14)12-22-20(24)17-13-25-18-7-3-2-6-16(17)18/h2-7,9,11,13,15,19H,8,10,12H2,1H3,(H,22,24)/t15-,19-/m0/s1. The first kappa shape index (κ1) is 15.8. The average molecular weight is 335 g/mol. The molecule has 0 unspecified atom stereocenters. The molecule has 2 atom stereocenters. The smallest absolute Gasteiger partial charge is 0.255 e. The van der Waals surface area contributed by atoms with Gasteiger partial charge in [-0.3, -0.25) is 14.7 Å². The number of amides is 1. The Morgan fingerprint density at radius 3 is 3.04 bits per heavy atom. The van der Waals surface area contributed by atoms with Crippen molar-refractivity contribution in [2.24, 2.45) is 5.92 Å². The number of fused-ring (bicyclic) bond motifs is 1. The van der Waals surface area contributed by atoms with Gasteiger partial charge in [0.05, 0.1) is 5.56 Å². The molecule has 0 spiro atoms. The van der Waals surface area contributed by atoms with Crippen LogP contribution in [0.2, 0.25) is 0 Å². The van der Waals surface area contributed by atoms with Crippen molar-refractivity contribution < 1.29 is 9.21 Å². The number of benzene rings is 1. The molecule has 1 aliphatic heterocycles. The molecule has 1 N–H and O–H groups in total. The Balaban J connectivity index is 1.48. The van der Waals surface area contributed by atoms with Crippen LogP contribution in [0.25, 0.3) is 11.0 Å². The van der Waals surface area contributed by atoms with Crippen molar-refractivity contribution in [3.05, 3.63) is 66.2 Å². The van der Waals surface area contributed by atoms with Gasteiger partial charge in [0.2, 0.25) is 0 Å². The minimum atomic E-state index is -0.0792. The van der Waals surface area contributed by atoms with E-state index in [0.717, 1.165) is 23.9 Å². The SMILES string of the molecule is CN1CC[C@@H](CNC(=O)c2coc3ccccc23)[C@@H]1c1cccnc1. The van der Waals surface area contributed by atoms with Gasteiger partial charge in [0.15, 0.2) is 0 Å². The maximum Gasteiger partial charge on any atom is 0.255 e. The predicted molar refractivity (Wildman–Crippen MR) is 96.3 cm³/mol. The summed E-state index contributed by atoms with van der Waals surface area (Å²) in [5.41, 5.74) is 2.54.